The zero-order valence-electron chi connectivity index (χ0n) is 9.89. The fourth-order valence-corrected chi connectivity index (χ4v) is 1.70. The lowest BCUT2D eigenvalue weighted by atomic mass is 10.1. The largest absolute Gasteiger partial charge is 0.493 e. The van der Waals surface area contributed by atoms with Gasteiger partial charge in [0.25, 0.3) is 0 Å². The molecule has 0 aromatic heterocycles. The number of rotatable bonds is 7. The Balaban J connectivity index is 2.55. The topological polar surface area (TPSA) is 64.6 Å². The summed E-state index contributed by atoms with van der Waals surface area (Å²) in [6.07, 6.45) is 0.537. The maximum atomic E-state index is 11.4. The predicted molar refractivity (Wildman–Crippen MR) is 69.2 cm³/mol. The molecular formula is C12H14BrNO4. The molecule has 0 saturated carbocycles. The number of carbonyl (C=O) groups is 2. The van der Waals surface area contributed by atoms with Crippen molar-refractivity contribution in [3.8, 4) is 5.75 Å². The summed E-state index contributed by atoms with van der Waals surface area (Å²) >= 11 is 3.32. The van der Waals surface area contributed by atoms with E-state index in [1.807, 2.05) is 12.1 Å². The van der Waals surface area contributed by atoms with Crippen LogP contribution in [-0.2, 0) is 14.3 Å². The van der Waals surface area contributed by atoms with Crippen LogP contribution in [0.3, 0.4) is 0 Å². The van der Waals surface area contributed by atoms with Gasteiger partial charge in [-0.25, -0.2) is 0 Å². The van der Waals surface area contributed by atoms with Gasteiger partial charge in [-0.3, -0.25) is 9.59 Å². The molecule has 0 aliphatic heterocycles. The van der Waals surface area contributed by atoms with E-state index in [1.165, 1.54) is 7.11 Å². The third kappa shape index (κ3) is 4.75. The zero-order chi connectivity index (χ0) is 13.4. The summed E-state index contributed by atoms with van der Waals surface area (Å²) in [6, 6.07) is 7.28. The molecule has 0 fully saturated rings. The third-order valence-electron chi connectivity index (χ3n) is 2.23. The SMILES string of the molecule is COC(=O)[C@@H](CNC=O)COc1cccc(Br)c1. The highest BCUT2D eigenvalue weighted by atomic mass is 79.9. The first kappa shape index (κ1) is 14.5. The van der Waals surface area contributed by atoms with Gasteiger partial charge in [0.05, 0.1) is 7.11 Å². The van der Waals surface area contributed by atoms with Crippen molar-refractivity contribution in [2.75, 3.05) is 20.3 Å². The van der Waals surface area contributed by atoms with Gasteiger partial charge in [-0.05, 0) is 18.2 Å². The van der Waals surface area contributed by atoms with Gasteiger partial charge >= 0.3 is 5.97 Å². The summed E-state index contributed by atoms with van der Waals surface area (Å²) < 4.78 is 11.0. The highest BCUT2D eigenvalue weighted by molar-refractivity contribution is 9.10. The van der Waals surface area contributed by atoms with Crippen LogP contribution in [0.1, 0.15) is 0 Å². The summed E-state index contributed by atoms with van der Waals surface area (Å²) in [5, 5.41) is 2.44. The van der Waals surface area contributed by atoms with E-state index >= 15 is 0 Å². The minimum absolute atomic E-state index is 0.143. The second-order valence-corrected chi connectivity index (χ2v) is 4.43. The molecule has 0 radical (unpaired) electrons. The van der Waals surface area contributed by atoms with Crippen LogP contribution >= 0.6 is 15.9 Å². The lowest BCUT2D eigenvalue weighted by Gasteiger charge is -2.15. The average Bonchev–Trinajstić information content (AvgIpc) is 2.38. The van der Waals surface area contributed by atoms with E-state index in [2.05, 4.69) is 26.0 Å². The number of carbonyl (C=O) groups excluding carboxylic acids is 2. The molecule has 1 aromatic rings. The van der Waals surface area contributed by atoms with Crippen molar-refractivity contribution in [2.24, 2.45) is 5.92 Å². The van der Waals surface area contributed by atoms with Crippen molar-refractivity contribution in [2.45, 2.75) is 0 Å². The monoisotopic (exact) mass is 315 g/mol. The van der Waals surface area contributed by atoms with Crippen LogP contribution in [0.15, 0.2) is 28.7 Å². The molecule has 98 valence electrons. The maximum Gasteiger partial charge on any atom is 0.313 e. The highest BCUT2D eigenvalue weighted by Crippen LogP contribution is 2.18. The van der Waals surface area contributed by atoms with Gasteiger partial charge in [0.1, 0.15) is 18.3 Å². The van der Waals surface area contributed by atoms with Crippen molar-refractivity contribution in [1.82, 2.24) is 5.32 Å². The average molecular weight is 316 g/mol. The van der Waals surface area contributed by atoms with Crippen molar-refractivity contribution in [1.29, 1.82) is 0 Å². The smallest absolute Gasteiger partial charge is 0.313 e. The van der Waals surface area contributed by atoms with Gasteiger partial charge in [-0.1, -0.05) is 22.0 Å². The van der Waals surface area contributed by atoms with E-state index in [1.54, 1.807) is 12.1 Å². The maximum absolute atomic E-state index is 11.4. The van der Waals surface area contributed by atoms with Gasteiger partial charge < -0.3 is 14.8 Å². The molecule has 1 aromatic carbocycles. The first-order chi connectivity index (χ1) is 8.67. The Bertz CT molecular complexity index is 411. The minimum Gasteiger partial charge on any atom is -0.493 e. The van der Waals surface area contributed by atoms with E-state index in [-0.39, 0.29) is 13.2 Å². The van der Waals surface area contributed by atoms with Gasteiger partial charge in [0.2, 0.25) is 6.41 Å². The Kier molecular flexibility index (Phi) is 6.21. The molecular weight excluding hydrogens is 302 g/mol. The molecule has 18 heavy (non-hydrogen) atoms. The number of ether oxygens (including phenoxy) is 2. The van der Waals surface area contributed by atoms with Crippen molar-refractivity contribution in [3.05, 3.63) is 28.7 Å². The fourth-order valence-electron chi connectivity index (χ4n) is 1.32. The summed E-state index contributed by atoms with van der Waals surface area (Å²) in [7, 11) is 1.30. The fraction of sp³-hybridized carbons (Fsp3) is 0.333. The first-order valence-electron chi connectivity index (χ1n) is 5.30. The number of halogens is 1. The second kappa shape index (κ2) is 7.71. The Labute approximate surface area is 114 Å². The number of esters is 1. The molecule has 0 saturated heterocycles. The standard InChI is InChI=1S/C12H14BrNO4/c1-17-12(16)9(6-14-8-15)7-18-11-4-2-3-10(13)5-11/h2-5,8-9H,6-7H2,1H3,(H,14,15)/t9-/m0/s1. The van der Waals surface area contributed by atoms with Crippen LogP contribution in [0.2, 0.25) is 0 Å². The van der Waals surface area contributed by atoms with Gasteiger partial charge in [-0.15, -0.1) is 0 Å². The van der Waals surface area contributed by atoms with Crippen LogP contribution in [0, 0.1) is 5.92 Å². The summed E-state index contributed by atoms with van der Waals surface area (Å²) in [5.74, 6) is -0.303. The Morgan fingerprint density at radius 3 is 2.94 bits per heavy atom. The molecule has 0 heterocycles. The quantitative estimate of drug-likeness (QED) is 0.609. The molecule has 0 spiro atoms. The molecule has 1 amide bonds. The van der Waals surface area contributed by atoms with Crippen LogP contribution in [0.4, 0.5) is 0 Å². The first-order valence-corrected chi connectivity index (χ1v) is 6.10. The summed E-state index contributed by atoms with van der Waals surface area (Å²) in [6.45, 7) is 0.328. The van der Waals surface area contributed by atoms with Crippen molar-refractivity contribution < 1.29 is 19.1 Å². The number of hydrogen-bond donors (Lipinski definition) is 1. The highest BCUT2D eigenvalue weighted by Gasteiger charge is 2.19. The molecule has 0 unspecified atom stereocenters. The van der Waals surface area contributed by atoms with E-state index in [0.717, 1.165) is 4.47 Å². The number of amides is 1. The molecule has 6 heteroatoms. The van der Waals surface area contributed by atoms with Crippen LogP contribution in [-0.4, -0.2) is 32.6 Å². The van der Waals surface area contributed by atoms with E-state index in [4.69, 9.17) is 4.74 Å². The molecule has 0 aliphatic carbocycles. The Morgan fingerprint density at radius 1 is 1.56 bits per heavy atom. The molecule has 1 atom stereocenters. The zero-order valence-corrected chi connectivity index (χ0v) is 11.5. The van der Waals surface area contributed by atoms with Crippen LogP contribution < -0.4 is 10.1 Å². The van der Waals surface area contributed by atoms with Gasteiger partial charge in [0.15, 0.2) is 0 Å². The lowest BCUT2D eigenvalue weighted by Crippen LogP contribution is -2.33. The third-order valence-corrected chi connectivity index (χ3v) is 2.72. The summed E-state index contributed by atoms with van der Waals surface area (Å²) in [5.41, 5.74) is 0. The van der Waals surface area contributed by atoms with Crippen LogP contribution in [0.5, 0.6) is 5.75 Å². The minimum atomic E-state index is -0.529. The Hall–Kier alpha value is -1.56. The van der Waals surface area contributed by atoms with E-state index in [0.29, 0.717) is 12.2 Å². The molecule has 5 nitrogen and oxygen atoms in total. The number of benzene rings is 1. The van der Waals surface area contributed by atoms with Crippen molar-refractivity contribution in [3.63, 3.8) is 0 Å². The molecule has 1 N–H and O–H groups in total. The number of nitrogens with one attached hydrogen (secondary N) is 1. The summed E-state index contributed by atoms with van der Waals surface area (Å²) in [4.78, 5) is 21.7. The second-order valence-electron chi connectivity index (χ2n) is 3.51. The Morgan fingerprint density at radius 2 is 2.33 bits per heavy atom. The van der Waals surface area contributed by atoms with E-state index < -0.39 is 11.9 Å². The number of methoxy groups -OCH3 is 1. The molecule has 0 aliphatic rings. The molecule has 0 bridgehead atoms. The lowest BCUT2D eigenvalue weighted by molar-refractivity contribution is -0.146. The van der Waals surface area contributed by atoms with Gasteiger partial charge in [-0.2, -0.15) is 0 Å². The van der Waals surface area contributed by atoms with Crippen LogP contribution in [0.25, 0.3) is 0 Å². The van der Waals surface area contributed by atoms with E-state index in [9.17, 15) is 9.59 Å². The van der Waals surface area contributed by atoms with Gasteiger partial charge in [0, 0.05) is 11.0 Å². The molecule has 1 rings (SSSR count). The van der Waals surface area contributed by atoms with Crippen molar-refractivity contribution >= 4 is 28.3 Å². The number of hydrogen-bond acceptors (Lipinski definition) is 4. The predicted octanol–water partition coefficient (Wildman–Crippen LogP) is 1.36. The normalized spacial score (nSPS) is 11.4.